The Balaban J connectivity index is 1.58. The third kappa shape index (κ3) is 4.41. The van der Waals surface area contributed by atoms with Crippen LogP contribution in [0.25, 0.3) is 0 Å². The van der Waals surface area contributed by atoms with Crippen LogP contribution in [0.15, 0.2) is 28.9 Å². The van der Waals surface area contributed by atoms with E-state index in [1.165, 1.54) is 5.56 Å². The van der Waals surface area contributed by atoms with Gasteiger partial charge >= 0.3 is 6.03 Å². The van der Waals surface area contributed by atoms with Gasteiger partial charge in [0.2, 0.25) is 11.5 Å². The van der Waals surface area contributed by atoms with E-state index >= 15 is 0 Å². The van der Waals surface area contributed by atoms with Gasteiger partial charge in [0.1, 0.15) is 0 Å². The number of rotatable bonds is 4. The SMILES string of the molecule is CNc1nonc1C(=O)N1CCCN(C(=O)Nc2ccc(C(C)C)cc2)CC1. The molecule has 28 heavy (non-hydrogen) atoms. The quantitative estimate of drug-likeness (QED) is 0.837. The second kappa shape index (κ2) is 8.73. The third-order valence-electron chi connectivity index (χ3n) is 4.83. The average molecular weight is 386 g/mol. The van der Waals surface area contributed by atoms with Gasteiger partial charge in [-0.05, 0) is 40.3 Å². The molecular weight excluding hydrogens is 360 g/mol. The summed E-state index contributed by atoms with van der Waals surface area (Å²) in [6.07, 6.45) is 0.686. The predicted molar refractivity (Wildman–Crippen MR) is 105 cm³/mol. The highest BCUT2D eigenvalue weighted by Gasteiger charge is 2.27. The van der Waals surface area contributed by atoms with E-state index < -0.39 is 0 Å². The first-order chi connectivity index (χ1) is 13.5. The summed E-state index contributed by atoms with van der Waals surface area (Å²) in [6, 6.07) is 7.71. The Morgan fingerprint density at radius 1 is 1.04 bits per heavy atom. The molecule has 3 amide bonds. The first-order valence-corrected chi connectivity index (χ1v) is 9.45. The van der Waals surface area contributed by atoms with E-state index in [0.29, 0.717) is 44.3 Å². The minimum atomic E-state index is -0.253. The van der Waals surface area contributed by atoms with Crippen LogP contribution in [0.1, 0.15) is 42.2 Å². The Kier molecular flexibility index (Phi) is 6.13. The van der Waals surface area contributed by atoms with E-state index in [9.17, 15) is 9.59 Å². The van der Waals surface area contributed by atoms with Crippen molar-refractivity contribution in [2.24, 2.45) is 0 Å². The average Bonchev–Trinajstić information content (AvgIpc) is 3.03. The lowest BCUT2D eigenvalue weighted by molar-refractivity contribution is 0.0752. The van der Waals surface area contributed by atoms with Crippen molar-refractivity contribution in [2.75, 3.05) is 43.9 Å². The highest BCUT2D eigenvalue weighted by atomic mass is 16.6. The molecule has 0 unspecified atom stereocenters. The van der Waals surface area contributed by atoms with Gasteiger partial charge in [0.25, 0.3) is 5.91 Å². The number of hydrogen-bond acceptors (Lipinski definition) is 6. The van der Waals surface area contributed by atoms with Gasteiger partial charge < -0.3 is 20.4 Å². The number of benzene rings is 1. The molecule has 9 heteroatoms. The summed E-state index contributed by atoms with van der Waals surface area (Å²) in [7, 11) is 1.65. The van der Waals surface area contributed by atoms with Gasteiger partial charge in [0.15, 0.2) is 0 Å². The number of nitrogens with zero attached hydrogens (tertiary/aromatic N) is 4. The molecule has 0 aliphatic carbocycles. The van der Waals surface area contributed by atoms with Crippen molar-refractivity contribution in [2.45, 2.75) is 26.2 Å². The van der Waals surface area contributed by atoms with Crippen molar-refractivity contribution in [3.8, 4) is 0 Å². The Bertz CT molecular complexity index is 817. The molecule has 1 fully saturated rings. The second-order valence-corrected chi connectivity index (χ2v) is 7.05. The monoisotopic (exact) mass is 386 g/mol. The summed E-state index contributed by atoms with van der Waals surface area (Å²) >= 11 is 0. The van der Waals surface area contributed by atoms with Gasteiger partial charge in [0, 0.05) is 38.9 Å². The van der Waals surface area contributed by atoms with Gasteiger partial charge in [-0.1, -0.05) is 26.0 Å². The number of aromatic nitrogens is 2. The summed E-state index contributed by atoms with van der Waals surface area (Å²) in [5.74, 6) is 0.507. The van der Waals surface area contributed by atoms with Crippen molar-refractivity contribution < 1.29 is 14.2 Å². The van der Waals surface area contributed by atoms with Gasteiger partial charge in [-0.2, -0.15) is 0 Å². The van der Waals surface area contributed by atoms with E-state index in [2.05, 4.69) is 39.4 Å². The fourth-order valence-electron chi connectivity index (χ4n) is 3.12. The van der Waals surface area contributed by atoms with E-state index in [1.54, 1.807) is 16.8 Å². The molecule has 0 radical (unpaired) electrons. The van der Waals surface area contributed by atoms with Crippen molar-refractivity contribution in [3.05, 3.63) is 35.5 Å². The maximum Gasteiger partial charge on any atom is 0.321 e. The minimum Gasteiger partial charge on any atom is -0.368 e. The zero-order valence-electron chi connectivity index (χ0n) is 16.4. The number of carbonyl (C=O) groups excluding carboxylic acids is 2. The van der Waals surface area contributed by atoms with E-state index in [1.807, 2.05) is 24.3 Å². The maximum atomic E-state index is 12.7. The Hall–Kier alpha value is -3.10. The molecule has 1 aromatic heterocycles. The summed E-state index contributed by atoms with van der Waals surface area (Å²) in [4.78, 5) is 28.7. The lowest BCUT2D eigenvalue weighted by Gasteiger charge is -2.22. The molecule has 0 saturated carbocycles. The van der Waals surface area contributed by atoms with Gasteiger partial charge in [0.05, 0.1) is 0 Å². The highest BCUT2D eigenvalue weighted by Crippen LogP contribution is 2.18. The van der Waals surface area contributed by atoms with Crippen LogP contribution < -0.4 is 10.6 Å². The van der Waals surface area contributed by atoms with Gasteiger partial charge in [-0.3, -0.25) is 4.79 Å². The van der Waals surface area contributed by atoms with Crippen molar-refractivity contribution in [1.29, 1.82) is 0 Å². The molecule has 1 aliphatic rings. The topological polar surface area (TPSA) is 104 Å². The molecule has 3 rings (SSSR count). The Morgan fingerprint density at radius 2 is 1.71 bits per heavy atom. The van der Waals surface area contributed by atoms with E-state index in [0.717, 1.165) is 5.69 Å². The van der Waals surface area contributed by atoms with Crippen LogP contribution in [0.3, 0.4) is 0 Å². The number of anilines is 2. The lowest BCUT2D eigenvalue weighted by Crippen LogP contribution is -2.39. The standard InChI is InChI=1S/C19H26N6O3/c1-13(2)14-5-7-15(8-6-14)21-19(27)25-10-4-9-24(11-12-25)18(26)16-17(20-3)23-28-22-16/h5-8,13H,4,9-12H2,1-3H3,(H,20,23)(H,21,27). The highest BCUT2D eigenvalue weighted by molar-refractivity contribution is 5.96. The zero-order chi connectivity index (χ0) is 20.1. The first-order valence-electron chi connectivity index (χ1n) is 9.45. The van der Waals surface area contributed by atoms with Crippen LogP contribution in [0, 0.1) is 0 Å². The van der Waals surface area contributed by atoms with Gasteiger partial charge in [-0.15, -0.1) is 0 Å². The fraction of sp³-hybridized carbons (Fsp3) is 0.474. The third-order valence-corrected chi connectivity index (χ3v) is 4.83. The van der Waals surface area contributed by atoms with E-state index in [4.69, 9.17) is 0 Å². The molecule has 2 aromatic rings. The van der Waals surface area contributed by atoms with Crippen LogP contribution in [0.2, 0.25) is 0 Å². The molecule has 0 bridgehead atoms. The normalized spacial score (nSPS) is 14.7. The molecule has 2 heterocycles. The molecule has 0 spiro atoms. The molecule has 1 aromatic carbocycles. The summed E-state index contributed by atoms with van der Waals surface area (Å²) in [5, 5.41) is 13.1. The molecular formula is C19H26N6O3. The van der Waals surface area contributed by atoms with Crippen LogP contribution in [0.5, 0.6) is 0 Å². The summed E-state index contributed by atoms with van der Waals surface area (Å²) in [6.45, 7) is 6.26. The van der Waals surface area contributed by atoms with Gasteiger partial charge in [-0.25, -0.2) is 9.42 Å². The summed E-state index contributed by atoms with van der Waals surface area (Å²) < 4.78 is 4.64. The molecule has 9 nitrogen and oxygen atoms in total. The molecule has 1 saturated heterocycles. The summed E-state index contributed by atoms with van der Waals surface area (Å²) in [5.41, 5.74) is 2.15. The first kappa shape index (κ1) is 19.7. The van der Waals surface area contributed by atoms with Crippen LogP contribution >= 0.6 is 0 Å². The van der Waals surface area contributed by atoms with E-state index in [-0.39, 0.29) is 17.6 Å². The Morgan fingerprint density at radius 3 is 2.39 bits per heavy atom. The zero-order valence-corrected chi connectivity index (χ0v) is 16.4. The van der Waals surface area contributed by atoms with Crippen LogP contribution in [-0.2, 0) is 0 Å². The Labute approximate surface area is 164 Å². The fourth-order valence-corrected chi connectivity index (χ4v) is 3.12. The largest absolute Gasteiger partial charge is 0.368 e. The second-order valence-electron chi connectivity index (χ2n) is 7.05. The van der Waals surface area contributed by atoms with Crippen molar-refractivity contribution >= 4 is 23.4 Å². The van der Waals surface area contributed by atoms with Crippen LogP contribution in [0.4, 0.5) is 16.3 Å². The number of amides is 3. The number of carbonyl (C=O) groups is 2. The lowest BCUT2D eigenvalue weighted by atomic mass is 10.0. The predicted octanol–water partition coefficient (Wildman–Crippen LogP) is 2.61. The molecule has 150 valence electrons. The minimum absolute atomic E-state index is 0.158. The van der Waals surface area contributed by atoms with Crippen LogP contribution in [-0.4, -0.2) is 65.3 Å². The molecule has 0 atom stereocenters. The molecule has 1 aliphatic heterocycles. The maximum absolute atomic E-state index is 12.7. The number of nitrogens with one attached hydrogen (secondary N) is 2. The van der Waals surface area contributed by atoms with Crippen molar-refractivity contribution in [1.82, 2.24) is 20.1 Å². The molecule has 2 N–H and O–H groups in total. The number of hydrogen-bond donors (Lipinski definition) is 2. The van der Waals surface area contributed by atoms with Crippen molar-refractivity contribution in [3.63, 3.8) is 0 Å². The number of urea groups is 1. The smallest absolute Gasteiger partial charge is 0.321 e.